The van der Waals surface area contributed by atoms with Crippen LogP contribution >= 0.6 is 0 Å². The van der Waals surface area contributed by atoms with E-state index in [0.29, 0.717) is 76.2 Å². The van der Waals surface area contributed by atoms with Gasteiger partial charge in [0.25, 0.3) is 5.91 Å². The topological polar surface area (TPSA) is 160 Å². The number of nitrogens with zero attached hydrogens (tertiary/aromatic N) is 4. The maximum atomic E-state index is 12.8. The number of aromatic hydroxyl groups is 1. The molecule has 0 saturated carbocycles. The number of phenols is 1. The molecule has 2 aromatic carbocycles. The molecule has 0 bridgehead atoms. The summed E-state index contributed by atoms with van der Waals surface area (Å²) in [4.78, 5) is 67.3. The Morgan fingerprint density at radius 1 is 0.815 bits per heavy atom. The van der Waals surface area contributed by atoms with Crippen LogP contribution in [0.2, 0.25) is 0 Å². The molecule has 3 aliphatic heterocycles. The van der Waals surface area contributed by atoms with Gasteiger partial charge in [0.1, 0.15) is 5.75 Å². The molecule has 0 radical (unpaired) electrons. The highest BCUT2D eigenvalue weighted by Gasteiger charge is 2.33. The second-order valence-electron chi connectivity index (χ2n) is 14.9. The number of amides is 4. The number of carboxylic acid groups (broad SMARTS) is 1. The van der Waals surface area contributed by atoms with Crippen molar-refractivity contribution < 1.29 is 38.9 Å². The summed E-state index contributed by atoms with van der Waals surface area (Å²) in [5, 5.41) is 21.3. The van der Waals surface area contributed by atoms with Crippen molar-refractivity contribution in [2.75, 3.05) is 64.8 Å². The molecule has 3 aliphatic rings. The van der Waals surface area contributed by atoms with Crippen molar-refractivity contribution in [2.24, 2.45) is 11.8 Å². The van der Waals surface area contributed by atoms with Gasteiger partial charge in [-0.2, -0.15) is 0 Å². The summed E-state index contributed by atoms with van der Waals surface area (Å²) >= 11 is 0. The molecule has 54 heavy (non-hydrogen) atoms. The molecule has 4 amide bonds. The van der Waals surface area contributed by atoms with Crippen molar-refractivity contribution in [2.45, 2.75) is 84.6 Å². The van der Waals surface area contributed by atoms with Gasteiger partial charge in [0, 0.05) is 71.0 Å². The van der Waals surface area contributed by atoms with Gasteiger partial charge in [0.05, 0.1) is 6.42 Å². The lowest BCUT2D eigenvalue weighted by Crippen LogP contribution is -2.48. The summed E-state index contributed by atoms with van der Waals surface area (Å²) in [6, 6.07) is 12.1. The van der Waals surface area contributed by atoms with Crippen LogP contribution in [-0.4, -0.2) is 126 Å². The smallest absolute Gasteiger partial charge is 0.410 e. The highest BCUT2D eigenvalue weighted by molar-refractivity contribution is 5.81. The van der Waals surface area contributed by atoms with Crippen molar-refractivity contribution in [1.29, 1.82) is 0 Å². The van der Waals surface area contributed by atoms with Crippen molar-refractivity contribution in [3.8, 4) is 5.75 Å². The van der Waals surface area contributed by atoms with Crippen LogP contribution in [0.4, 0.5) is 10.5 Å². The van der Waals surface area contributed by atoms with Crippen LogP contribution in [0.3, 0.4) is 0 Å². The van der Waals surface area contributed by atoms with Crippen molar-refractivity contribution in [1.82, 2.24) is 19.6 Å². The first-order valence-corrected chi connectivity index (χ1v) is 19.3. The summed E-state index contributed by atoms with van der Waals surface area (Å²) in [6.45, 7) is 9.72. The zero-order valence-corrected chi connectivity index (χ0v) is 32.4. The maximum Gasteiger partial charge on any atom is 0.410 e. The minimum atomic E-state index is -0.953. The van der Waals surface area contributed by atoms with Crippen molar-refractivity contribution in [3.63, 3.8) is 0 Å². The summed E-state index contributed by atoms with van der Waals surface area (Å²) < 4.78 is 5.39. The molecule has 13 heteroatoms. The van der Waals surface area contributed by atoms with E-state index < -0.39 is 12.1 Å². The Morgan fingerprint density at radius 3 is 1.89 bits per heavy atom. The van der Waals surface area contributed by atoms with E-state index in [-0.39, 0.29) is 37.3 Å². The second kappa shape index (κ2) is 20.6. The monoisotopic (exact) mass is 749 g/mol. The number of carboxylic acids is 1. The van der Waals surface area contributed by atoms with Crippen molar-refractivity contribution >= 4 is 36.0 Å². The number of nitrogens with one attached hydrogen (secondary N) is 1. The minimum Gasteiger partial charge on any atom is -0.507 e. The Balaban J connectivity index is 0.000000562. The number of benzene rings is 2. The number of hydrogen-bond acceptors (Lipinski definition) is 8. The van der Waals surface area contributed by atoms with E-state index in [1.807, 2.05) is 63.1 Å². The highest BCUT2D eigenvalue weighted by atomic mass is 16.6. The molecular weight excluding hydrogens is 690 g/mol. The van der Waals surface area contributed by atoms with E-state index in [1.165, 1.54) is 5.56 Å². The normalized spacial score (nSPS) is 16.9. The summed E-state index contributed by atoms with van der Waals surface area (Å²) in [5.74, 6) is 0.185. The third-order valence-electron chi connectivity index (χ3n) is 11.2. The summed E-state index contributed by atoms with van der Waals surface area (Å²) in [6.07, 6.45) is 5.99. The van der Waals surface area contributed by atoms with Crippen LogP contribution in [-0.2, 0) is 30.3 Å². The fraction of sp³-hybridized carbons (Fsp3) is 0.585. The Morgan fingerprint density at radius 2 is 1.35 bits per heavy atom. The van der Waals surface area contributed by atoms with Crippen LogP contribution < -0.4 is 5.32 Å². The van der Waals surface area contributed by atoms with Gasteiger partial charge in [-0.1, -0.05) is 35.9 Å². The Kier molecular flexibility index (Phi) is 16.0. The van der Waals surface area contributed by atoms with Gasteiger partial charge >= 0.3 is 12.1 Å². The SMILES string of the molecule is CNc1ccccc1CCN(C=O)C1CCN(C(=O)OCC(=O)N2CCC(C3CCN(C(=O)CCC(=O)O)CC3)CC2)CC1.Cc1cc(C)c(O)c(C)c1. The molecule has 0 aromatic heterocycles. The fourth-order valence-electron chi connectivity index (χ4n) is 8.02. The predicted molar refractivity (Wildman–Crippen MR) is 206 cm³/mol. The van der Waals surface area contributed by atoms with Gasteiger partial charge in [-0.15, -0.1) is 0 Å². The third kappa shape index (κ3) is 12.1. The van der Waals surface area contributed by atoms with E-state index in [9.17, 15) is 29.1 Å². The second-order valence-corrected chi connectivity index (χ2v) is 14.9. The fourth-order valence-corrected chi connectivity index (χ4v) is 8.02. The van der Waals surface area contributed by atoms with E-state index >= 15 is 0 Å². The van der Waals surface area contributed by atoms with Crippen LogP contribution in [0.25, 0.3) is 0 Å². The maximum absolute atomic E-state index is 12.8. The molecule has 3 fully saturated rings. The largest absolute Gasteiger partial charge is 0.507 e. The number of aryl methyl sites for hydroxylation is 3. The lowest BCUT2D eigenvalue weighted by Gasteiger charge is -2.40. The molecule has 3 heterocycles. The molecular formula is C41H59N5O8. The molecule has 3 N–H and O–H groups in total. The number of anilines is 1. The third-order valence-corrected chi connectivity index (χ3v) is 11.2. The average molecular weight is 750 g/mol. The molecule has 3 saturated heterocycles. The van der Waals surface area contributed by atoms with Crippen LogP contribution in [0, 0.1) is 32.6 Å². The first-order valence-electron chi connectivity index (χ1n) is 19.3. The van der Waals surface area contributed by atoms with Gasteiger partial charge in [-0.3, -0.25) is 19.2 Å². The van der Waals surface area contributed by atoms with Gasteiger partial charge in [-0.25, -0.2) is 4.79 Å². The molecule has 0 spiro atoms. The zero-order valence-electron chi connectivity index (χ0n) is 32.4. The summed E-state index contributed by atoms with van der Waals surface area (Å²) in [5.41, 5.74) is 5.32. The quantitative estimate of drug-likeness (QED) is 0.254. The first kappa shape index (κ1) is 41.9. The lowest BCUT2D eigenvalue weighted by molar-refractivity contribution is -0.141. The standard InChI is InChI=1S/C32H47N5O7.C9H12O/c1-33-28-5-3-2-4-26(28)12-19-37(23-38)27-13-20-36(21-14-27)32(43)44-22-30(40)35-17-10-25(11-18-35)24-8-15-34(16-9-24)29(39)6-7-31(41)42;1-6-4-7(2)9(10)8(3)5-6/h2-5,23-25,27,33H,6-22H2,1H3,(H,41,42);4-5,10H,1-3H3. The number of para-hydroxylation sites is 1. The van der Waals surface area contributed by atoms with Gasteiger partial charge in [-0.05, 0) is 100 Å². The first-order chi connectivity index (χ1) is 25.9. The lowest BCUT2D eigenvalue weighted by atomic mass is 9.78. The Labute approximate surface area is 319 Å². The Bertz CT molecular complexity index is 1550. The van der Waals surface area contributed by atoms with Crippen LogP contribution in [0.15, 0.2) is 36.4 Å². The number of piperidine rings is 3. The van der Waals surface area contributed by atoms with E-state index in [4.69, 9.17) is 9.84 Å². The number of rotatable bonds is 12. The average Bonchev–Trinajstić information content (AvgIpc) is 3.18. The molecule has 5 rings (SSSR count). The summed E-state index contributed by atoms with van der Waals surface area (Å²) in [7, 11) is 1.88. The molecule has 0 unspecified atom stereocenters. The number of ether oxygens (including phenoxy) is 1. The predicted octanol–water partition coefficient (Wildman–Crippen LogP) is 4.99. The van der Waals surface area contributed by atoms with Crippen LogP contribution in [0.1, 0.15) is 73.6 Å². The van der Waals surface area contributed by atoms with Gasteiger partial charge < -0.3 is 39.9 Å². The highest BCUT2D eigenvalue weighted by Crippen LogP contribution is 2.33. The molecule has 0 aliphatic carbocycles. The number of aliphatic carboxylic acids is 1. The van der Waals surface area contributed by atoms with E-state index in [1.54, 1.807) is 14.7 Å². The molecule has 13 nitrogen and oxygen atoms in total. The van der Waals surface area contributed by atoms with Crippen LogP contribution in [0.5, 0.6) is 5.75 Å². The molecule has 0 atom stereocenters. The number of phenolic OH excluding ortho intramolecular Hbond substituents is 1. The minimum absolute atomic E-state index is 0.0510. The number of carbonyl (C=O) groups is 5. The van der Waals surface area contributed by atoms with E-state index in [2.05, 4.69) is 11.4 Å². The Hall–Kier alpha value is -4.81. The number of carbonyl (C=O) groups excluding carboxylic acids is 4. The number of likely N-dealkylation sites (tertiary alicyclic amines) is 3. The molecule has 2 aromatic rings. The zero-order chi connectivity index (χ0) is 39.2. The van der Waals surface area contributed by atoms with Gasteiger partial charge in [0.15, 0.2) is 6.61 Å². The van der Waals surface area contributed by atoms with Gasteiger partial charge in [0.2, 0.25) is 12.3 Å². The number of hydrogen-bond donors (Lipinski definition) is 3. The van der Waals surface area contributed by atoms with E-state index in [0.717, 1.165) is 60.9 Å². The molecule has 296 valence electrons. The van der Waals surface area contributed by atoms with Crippen molar-refractivity contribution in [3.05, 3.63) is 58.7 Å².